The molecule has 1 N–H and O–H groups in total. The van der Waals surface area contributed by atoms with E-state index in [0.717, 1.165) is 36.3 Å². The lowest BCUT2D eigenvalue weighted by Crippen LogP contribution is -2.37. The first kappa shape index (κ1) is 16.4. The number of aromatic nitrogens is 1. The number of amides is 1. The van der Waals surface area contributed by atoms with Crippen LogP contribution in [-0.2, 0) is 9.53 Å². The lowest BCUT2D eigenvalue weighted by atomic mass is 10.2. The van der Waals surface area contributed by atoms with Gasteiger partial charge in [-0.05, 0) is 37.9 Å². The van der Waals surface area contributed by atoms with Gasteiger partial charge in [-0.1, -0.05) is 12.1 Å². The summed E-state index contributed by atoms with van der Waals surface area (Å²) in [5.74, 6) is 0.0918. The Balaban J connectivity index is 1.60. The van der Waals surface area contributed by atoms with Crippen molar-refractivity contribution < 1.29 is 9.53 Å². The first-order valence-corrected chi connectivity index (χ1v) is 8.95. The lowest BCUT2D eigenvalue weighted by Gasteiger charge is -2.22. The molecule has 0 radical (unpaired) electrons. The summed E-state index contributed by atoms with van der Waals surface area (Å²) >= 11 is 1.75. The van der Waals surface area contributed by atoms with E-state index in [2.05, 4.69) is 22.3 Å². The van der Waals surface area contributed by atoms with Crippen molar-refractivity contribution in [3.63, 3.8) is 0 Å². The second-order valence-corrected chi connectivity index (χ2v) is 6.91. The molecule has 0 saturated carbocycles. The van der Waals surface area contributed by atoms with Gasteiger partial charge in [0.25, 0.3) is 0 Å². The van der Waals surface area contributed by atoms with Crippen LogP contribution >= 0.6 is 11.3 Å². The number of carbonyl (C=O) groups excluding carboxylic acids is 1. The number of rotatable bonds is 7. The number of para-hydroxylation sites is 1. The van der Waals surface area contributed by atoms with E-state index in [9.17, 15) is 4.79 Å². The van der Waals surface area contributed by atoms with Crippen molar-refractivity contribution in [2.45, 2.75) is 25.3 Å². The summed E-state index contributed by atoms with van der Waals surface area (Å²) in [6, 6.07) is 8.50. The fraction of sp³-hybridized carbons (Fsp3) is 0.529. The average Bonchev–Trinajstić information content (AvgIpc) is 3.17. The molecule has 1 aromatic carbocycles. The molecule has 0 bridgehead atoms. The van der Waals surface area contributed by atoms with Gasteiger partial charge in [0.05, 0.1) is 22.8 Å². The number of ether oxygens (including phenoxy) is 1. The zero-order valence-corrected chi connectivity index (χ0v) is 14.3. The Morgan fingerprint density at radius 1 is 1.48 bits per heavy atom. The first-order valence-electron chi connectivity index (χ1n) is 8.13. The van der Waals surface area contributed by atoms with E-state index in [1.165, 1.54) is 4.70 Å². The number of fused-ring (bicyclic) bond motifs is 1. The maximum absolute atomic E-state index is 12.1. The molecule has 3 rings (SSSR count). The molecule has 1 aliphatic rings. The van der Waals surface area contributed by atoms with Gasteiger partial charge in [0.15, 0.2) is 0 Å². The van der Waals surface area contributed by atoms with Gasteiger partial charge in [-0.2, -0.15) is 0 Å². The van der Waals surface area contributed by atoms with Crippen LogP contribution in [0, 0.1) is 0 Å². The summed E-state index contributed by atoms with van der Waals surface area (Å²) in [5.41, 5.74) is 1.06. The Morgan fingerprint density at radius 3 is 3.17 bits per heavy atom. The molecule has 2 aromatic rings. The van der Waals surface area contributed by atoms with Crippen LogP contribution in [0.1, 0.15) is 30.3 Å². The molecule has 0 aliphatic carbocycles. The molecular weight excluding hydrogens is 310 g/mol. The number of thiazole rings is 1. The van der Waals surface area contributed by atoms with E-state index >= 15 is 0 Å². The highest BCUT2D eigenvalue weighted by molar-refractivity contribution is 7.18. The Bertz CT molecular complexity index is 625. The Morgan fingerprint density at radius 2 is 2.35 bits per heavy atom. The van der Waals surface area contributed by atoms with Crippen molar-refractivity contribution in [1.82, 2.24) is 15.2 Å². The largest absolute Gasteiger partial charge is 0.385 e. The smallest absolute Gasteiger partial charge is 0.234 e. The molecule has 1 aliphatic heterocycles. The number of hydrogen-bond acceptors (Lipinski definition) is 5. The van der Waals surface area contributed by atoms with Crippen molar-refractivity contribution in [2.75, 3.05) is 33.4 Å². The Labute approximate surface area is 140 Å². The maximum Gasteiger partial charge on any atom is 0.234 e. The summed E-state index contributed by atoms with van der Waals surface area (Å²) in [5, 5.41) is 4.10. The highest BCUT2D eigenvalue weighted by Gasteiger charge is 2.29. The fourth-order valence-corrected chi connectivity index (χ4v) is 4.15. The molecule has 1 aromatic heterocycles. The number of nitrogens with one attached hydrogen (secondary N) is 1. The van der Waals surface area contributed by atoms with Crippen LogP contribution in [0.15, 0.2) is 24.3 Å². The van der Waals surface area contributed by atoms with Crippen molar-refractivity contribution in [1.29, 1.82) is 0 Å². The van der Waals surface area contributed by atoms with Gasteiger partial charge < -0.3 is 10.1 Å². The molecule has 1 saturated heterocycles. The zero-order chi connectivity index (χ0) is 16.1. The topological polar surface area (TPSA) is 54.5 Å². The SMILES string of the molecule is COCCCNC(=O)CN1CCCC1c1nc2ccccc2s1. The summed E-state index contributed by atoms with van der Waals surface area (Å²) in [7, 11) is 1.68. The number of methoxy groups -OCH3 is 1. The van der Waals surface area contributed by atoms with Gasteiger partial charge in [-0.3, -0.25) is 9.69 Å². The fourth-order valence-electron chi connectivity index (χ4n) is 3.01. The van der Waals surface area contributed by atoms with E-state index in [0.29, 0.717) is 19.7 Å². The predicted octanol–water partition coefficient (Wildman–Crippen LogP) is 2.59. The van der Waals surface area contributed by atoms with Crippen LogP contribution < -0.4 is 5.32 Å². The number of nitrogens with zero attached hydrogens (tertiary/aromatic N) is 2. The highest BCUT2D eigenvalue weighted by atomic mass is 32.1. The summed E-state index contributed by atoms with van der Waals surface area (Å²) in [6.07, 6.45) is 3.05. The highest BCUT2D eigenvalue weighted by Crippen LogP contribution is 2.36. The molecule has 124 valence electrons. The number of carbonyl (C=O) groups is 1. The van der Waals surface area contributed by atoms with E-state index in [4.69, 9.17) is 9.72 Å². The van der Waals surface area contributed by atoms with E-state index in [-0.39, 0.29) is 11.9 Å². The van der Waals surface area contributed by atoms with Crippen LogP contribution in [0.25, 0.3) is 10.2 Å². The van der Waals surface area contributed by atoms with Gasteiger partial charge in [0.1, 0.15) is 5.01 Å². The van der Waals surface area contributed by atoms with Crippen molar-refractivity contribution in [3.05, 3.63) is 29.3 Å². The molecule has 1 amide bonds. The average molecular weight is 333 g/mol. The van der Waals surface area contributed by atoms with Crippen molar-refractivity contribution in [2.24, 2.45) is 0 Å². The van der Waals surface area contributed by atoms with Crippen LogP contribution in [-0.4, -0.2) is 49.1 Å². The minimum Gasteiger partial charge on any atom is -0.385 e. The molecule has 1 fully saturated rings. The summed E-state index contributed by atoms with van der Waals surface area (Å²) in [4.78, 5) is 19.1. The van der Waals surface area contributed by atoms with Crippen LogP contribution in [0.2, 0.25) is 0 Å². The third-order valence-electron chi connectivity index (χ3n) is 4.15. The van der Waals surface area contributed by atoms with E-state index in [1.807, 2.05) is 12.1 Å². The van der Waals surface area contributed by atoms with Crippen molar-refractivity contribution >= 4 is 27.5 Å². The molecule has 0 spiro atoms. The summed E-state index contributed by atoms with van der Waals surface area (Å²) < 4.78 is 6.21. The molecule has 1 atom stereocenters. The molecule has 1 unspecified atom stereocenters. The second kappa shape index (κ2) is 7.86. The minimum atomic E-state index is 0.0918. The number of hydrogen-bond donors (Lipinski definition) is 1. The standard InChI is InChI=1S/C17H23N3O2S/c1-22-11-5-9-18-16(21)12-20-10-4-7-14(20)17-19-13-6-2-3-8-15(13)23-17/h2-3,6,8,14H,4-5,7,9-12H2,1H3,(H,18,21). The van der Waals surface area contributed by atoms with Gasteiger partial charge in [0, 0.05) is 20.3 Å². The third kappa shape index (κ3) is 4.07. The quantitative estimate of drug-likeness (QED) is 0.791. The molecule has 2 heterocycles. The molecule has 6 heteroatoms. The van der Waals surface area contributed by atoms with Gasteiger partial charge in [-0.25, -0.2) is 4.98 Å². The maximum atomic E-state index is 12.1. The van der Waals surface area contributed by atoms with Crippen LogP contribution in [0.5, 0.6) is 0 Å². The zero-order valence-electron chi connectivity index (χ0n) is 13.5. The minimum absolute atomic E-state index is 0.0918. The number of benzene rings is 1. The van der Waals surface area contributed by atoms with Gasteiger partial charge in [0.2, 0.25) is 5.91 Å². The monoisotopic (exact) mass is 333 g/mol. The second-order valence-electron chi connectivity index (χ2n) is 5.84. The van der Waals surface area contributed by atoms with E-state index in [1.54, 1.807) is 18.4 Å². The van der Waals surface area contributed by atoms with Crippen LogP contribution in [0.3, 0.4) is 0 Å². The summed E-state index contributed by atoms with van der Waals surface area (Å²) in [6.45, 7) is 2.77. The first-order chi connectivity index (χ1) is 11.3. The van der Waals surface area contributed by atoms with Crippen molar-refractivity contribution in [3.8, 4) is 0 Å². The Kier molecular flexibility index (Phi) is 5.59. The molecule has 23 heavy (non-hydrogen) atoms. The normalized spacial score (nSPS) is 18.6. The lowest BCUT2D eigenvalue weighted by molar-refractivity contribution is -0.122. The van der Waals surface area contributed by atoms with E-state index < -0.39 is 0 Å². The Hall–Kier alpha value is -1.50. The van der Waals surface area contributed by atoms with Gasteiger partial charge >= 0.3 is 0 Å². The third-order valence-corrected chi connectivity index (χ3v) is 5.29. The van der Waals surface area contributed by atoms with Gasteiger partial charge in [-0.15, -0.1) is 11.3 Å². The van der Waals surface area contributed by atoms with Crippen LogP contribution in [0.4, 0.5) is 0 Å². The molecule has 5 nitrogen and oxygen atoms in total. The predicted molar refractivity (Wildman–Crippen MR) is 92.7 cm³/mol. The number of likely N-dealkylation sites (tertiary alicyclic amines) is 1. The molecular formula is C17H23N3O2S.